The van der Waals surface area contributed by atoms with Gasteiger partial charge in [-0.1, -0.05) is 30.3 Å². The Morgan fingerprint density at radius 1 is 1.10 bits per heavy atom. The lowest BCUT2D eigenvalue weighted by atomic mass is 10.0. The van der Waals surface area contributed by atoms with Crippen molar-refractivity contribution in [1.82, 2.24) is 5.32 Å². The van der Waals surface area contributed by atoms with E-state index in [-0.39, 0.29) is 18.2 Å². The average molecular weight is 308 g/mol. The van der Waals surface area contributed by atoms with Crippen LogP contribution in [0.2, 0.25) is 0 Å². The van der Waals surface area contributed by atoms with Crippen molar-refractivity contribution in [2.75, 3.05) is 13.1 Å². The molecule has 0 amide bonds. The molecule has 1 heterocycles. The summed E-state index contributed by atoms with van der Waals surface area (Å²) < 4.78 is 18.8. The fourth-order valence-electron chi connectivity index (χ4n) is 2.47. The summed E-state index contributed by atoms with van der Waals surface area (Å²) in [4.78, 5) is 0. The summed E-state index contributed by atoms with van der Waals surface area (Å²) in [6.07, 6.45) is 1.40. The molecule has 1 saturated heterocycles. The van der Waals surface area contributed by atoms with E-state index in [4.69, 9.17) is 4.74 Å². The smallest absolute Gasteiger partial charge is 0.123 e. The molecule has 2 aromatic rings. The van der Waals surface area contributed by atoms with E-state index < -0.39 is 0 Å². The summed E-state index contributed by atoms with van der Waals surface area (Å²) in [6.45, 7) is 2.61. The van der Waals surface area contributed by atoms with Gasteiger partial charge in [0.15, 0.2) is 0 Å². The average Bonchev–Trinajstić information content (AvgIpc) is 3.00. The van der Waals surface area contributed by atoms with Crippen LogP contribution in [0.5, 0.6) is 0 Å². The third-order valence-electron chi connectivity index (χ3n) is 3.61. The monoisotopic (exact) mass is 307 g/mol. The molecule has 0 radical (unpaired) electrons. The molecule has 1 fully saturated rings. The summed E-state index contributed by atoms with van der Waals surface area (Å²) >= 11 is 0. The van der Waals surface area contributed by atoms with Crippen LogP contribution in [-0.2, 0) is 11.3 Å². The lowest BCUT2D eigenvalue weighted by Gasteiger charge is -2.11. The van der Waals surface area contributed by atoms with Gasteiger partial charge in [0.05, 0.1) is 12.7 Å². The number of rotatable bonds is 4. The predicted octanol–water partition coefficient (Wildman–Crippen LogP) is 3.79. The van der Waals surface area contributed by atoms with Crippen molar-refractivity contribution >= 4 is 12.4 Å². The summed E-state index contributed by atoms with van der Waals surface area (Å²) in [5.74, 6) is -0.207. The van der Waals surface area contributed by atoms with Crippen LogP contribution < -0.4 is 5.32 Å². The molecule has 0 spiro atoms. The Balaban J connectivity index is 0.00000161. The van der Waals surface area contributed by atoms with Crippen molar-refractivity contribution in [3.8, 4) is 11.1 Å². The Morgan fingerprint density at radius 2 is 1.90 bits per heavy atom. The molecule has 1 aliphatic rings. The minimum Gasteiger partial charge on any atom is -0.372 e. The van der Waals surface area contributed by atoms with E-state index in [0.29, 0.717) is 12.7 Å². The predicted molar refractivity (Wildman–Crippen MR) is 85.1 cm³/mol. The van der Waals surface area contributed by atoms with Crippen molar-refractivity contribution in [3.63, 3.8) is 0 Å². The first-order valence-corrected chi connectivity index (χ1v) is 6.98. The Kier molecular flexibility index (Phi) is 5.74. The van der Waals surface area contributed by atoms with E-state index in [2.05, 4.69) is 17.4 Å². The fourth-order valence-corrected chi connectivity index (χ4v) is 2.47. The highest BCUT2D eigenvalue weighted by molar-refractivity contribution is 5.85. The first-order valence-electron chi connectivity index (χ1n) is 6.98. The van der Waals surface area contributed by atoms with E-state index in [1.54, 1.807) is 12.1 Å². The second kappa shape index (κ2) is 7.55. The van der Waals surface area contributed by atoms with Crippen molar-refractivity contribution in [3.05, 3.63) is 59.9 Å². The van der Waals surface area contributed by atoms with Crippen LogP contribution in [0.3, 0.4) is 0 Å². The Morgan fingerprint density at radius 3 is 2.62 bits per heavy atom. The molecular weight excluding hydrogens is 289 g/mol. The number of nitrogens with one attached hydrogen (secondary N) is 1. The van der Waals surface area contributed by atoms with Gasteiger partial charge in [0, 0.05) is 6.54 Å². The van der Waals surface area contributed by atoms with Gasteiger partial charge in [-0.05, 0) is 47.9 Å². The van der Waals surface area contributed by atoms with Gasteiger partial charge in [0.2, 0.25) is 0 Å². The molecule has 2 aromatic carbocycles. The van der Waals surface area contributed by atoms with Gasteiger partial charge in [-0.25, -0.2) is 4.39 Å². The molecule has 0 aromatic heterocycles. The largest absolute Gasteiger partial charge is 0.372 e. The molecule has 21 heavy (non-hydrogen) atoms. The van der Waals surface area contributed by atoms with Crippen LogP contribution in [0.15, 0.2) is 48.5 Å². The first-order chi connectivity index (χ1) is 9.81. The summed E-state index contributed by atoms with van der Waals surface area (Å²) in [7, 11) is 0. The minimum absolute atomic E-state index is 0. The highest BCUT2D eigenvalue weighted by Gasteiger charge is 2.14. The van der Waals surface area contributed by atoms with Gasteiger partial charge < -0.3 is 10.1 Å². The van der Waals surface area contributed by atoms with E-state index in [0.717, 1.165) is 36.2 Å². The zero-order chi connectivity index (χ0) is 13.8. The summed E-state index contributed by atoms with van der Waals surface area (Å²) in [6, 6.07) is 14.8. The zero-order valence-electron chi connectivity index (χ0n) is 11.7. The standard InChI is InChI=1S/C17H18FNO.ClH/c18-16-6-4-14(5-7-16)15-3-1-2-13(10-15)12-20-17-8-9-19-11-17;/h1-7,10,17,19H,8-9,11-12H2;1H. The summed E-state index contributed by atoms with van der Waals surface area (Å²) in [5, 5.41) is 3.29. The number of benzene rings is 2. The van der Waals surface area contributed by atoms with Gasteiger partial charge in [-0.3, -0.25) is 0 Å². The zero-order valence-corrected chi connectivity index (χ0v) is 12.5. The number of ether oxygens (including phenoxy) is 1. The molecule has 112 valence electrons. The second-order valence-corrected chi connectivity index (χ2v) is 5.13. The Labute approximate surface area is 130 Å². The number of hydrogen-bond donors (Lipinski definition) is 1. The van der Waals surface area contributed by atoms with Gasteiger partial charge in [0.25, 0.3) is 0 Å². The SMILES string of the molecule is Cl.Fc1ccc(-c2cccc(COC3CCNC3)c2)cc1. The third kappa shape index (κ3) is 4.27. The lowest BCUT2D eigenvalue weighted by molar-refractivity contribution is 0.0542. The minimum atomic E-state index is -0.207. The molecule has 1 aliphatic heterocycles. The van der Waals surface area contributed by atoms with E-state index in [1.165, 1.54) is 12.1 Å². The van der Waals surface area contributed by atoms with Crippen LogP contribution in [0.4, 0.5) is 4.39 Å². The lowest BCUT2D eigenvalue weighted by Crippen LogP contribution is -2.16. The molecule has 1 unspecified atom stereocenters. The molecule has 2 nitrogen and oxygen atoms in total. The van der Waals surface area contributed by atoms with Crippen molar-refractivity contribution in [2.24, 2.45) is 0 Å². The van der Waals surface area contributed by atoms with Gasteiger partial charge >= 0.3 is 0 Å². The van der Waals surface area contributed by atoms with E-state index in [9.17, 15) is 4.39 Å². The van der Waals surface area contributed by atoms with Crippen molar-refractivity contribution < 1.29 is 9.13 Å². The fraction of sp³-hybridized carbons (Fsp3) is 0.294. The maximum Gasteiger partial charge on any atom is 0.123 e. The van der Waals surface area contributed by atoms with Crippen LogP contribution in [0, 0.1) is 5.82 Å². The van der Waals surface area contributed by atoms with Crippen LogP contribution in [0.1, 0.15) is 12.0 Å². The molecule has 0 aliphatic carbocycles. The van der Waals surface area contributed by atoms with Crippen LogP contribution >= 0.6 is 12.4 Å². The maximum atomic E-state index is 12.9. The molecule has 1 atom stereocenters. The Bertz CT molecular complexity index is 567. The maximum absolute atomic E-state index is 12.9. The number of hydrogen-bond acceptors (Lipinski definition) is 2. The molecule has 1 N–H and O–H groups in total. The highest BCUT2D eigenvalue weighted by Crippen LogP contribution is 2.21. The van der Waals surface area contributed by atoms with Gasteiger partial charge in [-0.2, -0.15) is 0 Å². The van der Waals surface area contributed by atoms with Crippen LogP contribution in [-0.4, -0.2) is 19.2 Å². The van der Waals surface area contributed by atoms with E-state index >= 15 is 0 Å². The van der Waals surface area contributed by atoms with Crippen molar-refractivity contribution in [2.45, 2.75) is 19.1 Å². The molecule has 0 saturated carbocycles. The number of halogens is 2. The normalized spacial score (nSPS) is 17.5. The quantitative estimate of drug-likeness (QED) is 0.928. The molecule has 4 heteroatoms. The van der Waals surface area contributed by atoms with E-state index in [1.807, 2.05) is 12.1 Å². The second-order valence-electron chi connectivity index (χ2n) is 5.13. The topological polar surface area (TPSA) is 21.3 Å². The molecular formula is C17H19ClFNO. The first kappa shape index (κ1) is 16.0. The van der Waals surface area contributed by atoms with Gasteiger partial charge in [-0.15, -0.1) is 12.4 Å². The van der Waals surface area contributed by atoms with Crippen molar-refractivity contribution in [1.29, 1.82) is 0 Å². The van der Waals surface area contributed by atoms with Gasteiger partial charge in [0.1, 0.15) is 5.82 Å². The highest BCUT2D eigenvalue weighted by atomic mass is 35.5. The van der Waals surface area contributed by atoms with Crippen LogP contribution in [0.25, 0.3) is 11.1 Å². The molecule has 3 rings (SSSR count). The Hall–Kier alpha value is -1.42. The third-order valence-corrected chi connectivity index (χ3v) is 3.61. The molecule has 0 bridgehead atoms. The summed E-state index contributed by atoms with van der Waals surface area (Å²) in [5.41, 5.74) is 3.27.